The normalized spacial score (nSPS) is 20.1. The Labute approximate surface area is 132 Å². The van der Waals surface area contributed by atoms with Crippen LogP contribution in [0, 0.1) is 6.92 Å². The molecule has 1 saturated heterocycles. The number of sulfone groups is 1. The van der Waals surface area contributed by atoms with Gasteiger partial charge in [0, 0.05) is 6.04 Å². The highest BCUT2D eigenvalue weighted by Gasteiger charge is 2.28. The molecular formula is C16H23NO4S. The van der Waals surface area contributed by atoms with E-state index >= 15 is 0 Å². The van der Waals surface area contributed by atoms with Crippen LogP contribution in [0.25, 0.3) is 0 Å². The Balaban J connectivity index is 1.93. The van der Waals surface area contributed by atoms with E-state index in [1.54, 1.807) is 0 Å². The van der Waals surface area contributed by atoms with Crippen molar-refractivity contribution in [1.82, 2.24) is 5.32 Å². The van der Waals surface area contributed by atoms with Gasteiger partial charge in [0.25, 0.3) is 5.91 Å². The molecule has 1 N–H and O–H groups in total. The van der Waals surface area contributed by atoms with E-state index in [0.717, 1.165) is 11.1 Å². The second-order valence-corrected chi connectivity index (χ2v) is 8.38. The highest BCUT2D eigenvalue weighted by molar-refractivity contribution is 7.91. The number of hydrogen-bond donors (Lipinski definition) is 1. The molecule has 1 aromatic rings. The van der Waals surface area contributed by atoms with E-state index in [0.29, 0.717) is 18.1 Å². The molecule has 6 heteroatoms. The van der Waals surface area contributed by atoms with E-state index in [-0.39, 0.29) is 30.1 Å². The molecule has 1 aromatic carbocycles. The molecule has 1 atom stereocenters. The predicted octanol–water partition coefficient (Wildman–Crippen LogP) is 1.80. The second kappa shape index (κ2) is 6.69. The van der Waals surface area contributed by atoms with Gasteiger partial charge in [0.05, 0.1) is 11.5 Å². The van der Waals surface area contributed by atoms with Gasteiger partial charge < -0.3 is 10.1 Å². The summed E-state index contributed by atoms with van der Waals surface area (Å²) in [5, 5.41) is 2.72. The Kier molecular flexibility index (Phi) is 5.11. The van der Waals surface area contributed by atoms with E-state index in [9.17, 15) is 13.2 Å². The standard InChI is InChI=1S/C16H23NO4S/c1-11(2)14-5-4-12(3)8-15(14)21-9-16(18)17-13-6-7-22(19,20)10-13/h4-5,8,11,13H,6-7,9-10H2,1-3H3,(H,17,18). The van der Waals surface area contributed by atoms with E-state index in [1.807, 2.05) is 25.1 Å². The fourth-order valence-electron chi connectivity index (χ4n) is 2.57. The fraction of sp³-hybridized carbons (Fsp3) is 0.562. The number of hydrogen-bond acceptors (Lipinski definition) is 4. The number of rotatable bonds is 5. The van der Waals surface area contributed by atoms with Crippen LogP contribution in [0.3, 0.4) is 0 Å². The minimum atomic E-state index is -2.99. The molecule has 1 unspecified atom stereocenters. The van der Waals surface area contributed by atoms with Gasteiger partial charge in [-0.3, -0.25) is 4.79 Å². The van der Waals surface area contributed by atoms with Gasteiger partial charge in [0.2, 0.25) is 0 Å². The number of nitrogens with one attached hydrogen (secondary N) is 1. The molecule has 1 amide bonds. The molecule has 2 rings (SSSR count). The number of carbonyl (C=O) groups is 1. The second-order valence-electron chi connectivity index (χ2n) is 6.15. The van der Waals surface area contributed by atoms with Crippen LogP contribution >= 0.6 is 0 Å². The molecule has 1 aliphatic heterocycles. The molecule has 22 heavy (non-hydrogen) atoms. The largest absolute Gasteiger partial charge is 0.483 e. The van der Waals surface area contributed by atoms with E-state index < -0.39 is 9.84 Å². The zero-order valence-electron chi connectivity index (χ0n) is 13.3. The molecule has 1 fully saturated rings. The molecule has 0 bridgehead atoms. The van der Waals surface area contributed by atoms with Crippen LogP contribution in [0.15, 0.2) is 18.2 Å². The highest BCUT2D eigenvalue weighted by Crippen LogP contribution is 2.27. The Morgan fingerprint density at radius 3 is 2.73 bits per heavy atom. The first-order valence-electron chi connectivity index (χ1n) is 7.50. The average molecular weight is 325 g/mol. The molecular weight excluding hydrogens is 302 g/mol. The molecule has 0 spiro atoms. The van der Waals surface area contributed by atoms with Gasteiger partial charge in [-0.05, 0) is 36.5 Å². The first-order valence-corrected chi connectivity index (χ1v) is 9.32. The van der Waals surface area contributed by atoms with Crippen molar-refractivity contribution in [3.63, 3.8) is 0 Å². The Morgan fingerprint density at radius 2 is 2.14 bits per heavy atom. The van der Waals surface area contributed by atoms with Crippen molar-refractivity contribution in [2.75, 3.05) is 18.1 Å². The van der Waals surface area contributed by atoms with Crippen molar-refractivity contribution in [3.05, 3.63) is 29.3 Å². The van der Waals surface area contributed by atoms with Crippen LogP contribution in [-0.2, 0) is 14.6 Å². The molecule has 0 aliphatic carbocycles. The number of benzene rings is 1. The first-order chi connectivity index (χ1) is 10.3. The maximum Gasteiger partial charge on any atom is 0.258 e. The van der Waals surface area contributed by atoms with Crippen LogP contribution in [0.2, 0.25) is 0 Å². The van der Waals surface area contributed by atoms with Gasteiger partial charge in [-0.2, -0.15) is 0 Å². The molecule has 1 heterocycles. The summed E-state index contributed by atoms with van der Waals surface area (Å²) in [5.41, 5.74) is 2.13. The zero-order chi connectivity index (χ0) is 16.3. The summed E-state index contributed by atoms with van der Waals surface area (Å²) in [6.45, 7) is 6.02. The van der Waals surface area contributed by atoms with Gasteiger partial charge in [-0.15, -0.1) is 0 Å². The Bertz CT molecular complexity index is 652. The number of amides is 1. The van der Waals surface area contributed by atoms with Crippen molar-refractivity contribution in [2.45, 2.75) is 39.2 Å². The lowest BCUT2D eigenvalue weighted by molar-refractivity contribution is -0.123. The summed E-state index contributed by atoms with van der Waals surface area (Å²) < 4.78 is 28.4. The van der Waals surface area contributed by atoms with Crippen LogP contribution in [0.1, 0.15) is 37.3 Å². The van der Waals surface area contributed by atoms with Crippen molar-refractivity contribution in [1.29, 1.82) is 0 Å². The van der Waals surface area contributed by atoms with E-state index in [4.69, 9.17) is 4.74 Å². The third-order valence-corrected chi connectivity index (χ3v) is 5.52. The number of carbonyl (C=O) groups excluding carboxylic acids is 1. The predicted molar refractivity (Wildman–Crippen MR) is 86.0 cm³/mol. The van der Waals surface area contributed by atoms with E-state index in [2.05, 4.69) is 19.2 Å². The molecule has 0 saturated carbocycles. The lowest BCUT2D eigenvalue weighted by Crippen LogP contribution is -2.38. The first kappa shape index (κ1) is 16.8. The van der Waals surface area contributed by atoms with Crippen LogP contribution < -0.4 is 10.1 Å². The van der Waals surface area contributed by atoms with Gasteiger partial charge in [0.1, 0.15) is 5.75 Å². The summed E-state index contributed by atoms with van der Waals surface area (Å²) in [7, 11) is -2.99. The maximum atomic E-state index is 11.9. The summed E-state index contributed by atoms with van der Waals surface area (Å²) in [5.74, 6) is 0.912. The third-order valence-electron chi connectivity index (χ3n) is 3.75. The smallest absolute Gasteiger partial charge is 0.258 e. The fourth-order valence-corrected chi connectivity index (χ4v) is 4.24. The number of ether oxygens (including phenoxy) is 1. The van der Waals surface area contributed by atoms with Gasteiger partial charge in [-0.1, -0.05) is 26.0 Å². The summed E-state index contributed by atoms with van der Waals surface area (Å²) in [4.78, 5) is 11.9. The Morgan fingerprint density at radius 1 is 1.41 bits per heavy atom. The molecule has 122 valence electrons. The van der Waals surface area contributed by atoms with Crippen LogP contribution in [0.4, 0.5) is 0 Å². The average Bonchev–Trinajstić information content (AvgIpc) is 2.75. The topological polar surface area (TPSA) is 72.5 Å². The maximum absolute atomic E-state index is 11.9. The van der Waals surface area contributed by atoms with Crippen molar-refractivity contribution < 1.29 is 17.9 Å². The zero-order valence-corrected chi connectivity index (χ0v) is 14.1. The molecule has 5 nitrogen and oxygen atoms in total. The summed E-state index contributed by atoms with van der Waals surface area (Å²) in [6.07, 6.45) is 0.482. The van der Waals surface area contributed by atoms with Crippen molar-refractivity contribution >= 4 is 15.7 Å². The third kappa shape index (κ3) is 4.47. The lowest BCUT2D eigenvalue weighted by atomic mass is 10.0. The number of aryl methyl sites for hydroxylation is 1. The minimum absolute atomic E-state index is 0.0282. The molecule has 0 radical (unpaired) electrons. The van der Waals surface area contributed by atoms with E-state index in [1.165, 1.54) is 0 Å². The summed E-state index contributed by atoms with van der Waals surface area (Å²) >= 11 is 0. The monoisotopic (exact) mass is 325 g/mol. The quantitative estimate of drug-likeness (QED) is 0.896. The Hall–Kier alpha value is -1.56. The lowest BCUT2D eigenvalue weighted by Gasteiger charge is -2.16. The van der Waals surface area contributed by atoms with Crippen molar-refractivity contribution in [2.24, 2.45) is 0 Å². The van der Waals surface area contributed by atoms with Crippen molar-refractivity contribution in [3.8, 4) is 5.75 Å². The van der Waals surface area contributed by atoms with Gasteiger partial charge in [-0.25, -0.2) is 8.42 Å². The minimum Gasteiger partial charge on any atom is -0.483 e. The SMILES string of the molecule is Cc1ccc(C(C)C)c(OCC(=O)NC2CCS(=O)(=O)C2)c1. The van der Waals surface area contributed by atoms with Gasteiger partial charge in [0.15, 0.2) is 16.4 Å². The molecule has 1 aliphatic rings. The summed E-state index contributed by atoms with van der Waals surface area (Å²) in [6, 6.07) is 5.66. The van der Waals surface area contributed by atoms with Crippen LogP contribution in [0.5, 0.6) is 5.75 Å². The van der Waals surface area contributed by atoms with Crippen LogP contribution in [-0.4, -0.2) is 38.5 Å². The highest BCUT2D eigenvalue weighted by atomic mass is 32.2. The van der Waals surface area contributed by atoms with Gasteiger partial charge >= 0.3 is 0 Å². The molecule has 0 aromatic heterocycles.